The molecule has 0 aromatic carbocycles. The number of hydrogen-bond donors (Lipinski definition) is 2. The smallest absolute Gasteiger partial charge is 0.317 e. The highest BCUT2D eigenvalue weighted by molar-refractivity contribution is 5.80. The van der Waals surface area contributed by atoms with Gasteiger partial charge in [0.2, 0.25) is 0 Å². The molecule has 1 aliphatic carbocycles. The van der Waals surface area contributed by atoms with Gasteiger partial charge in [-0.1, -0.05) is 33.6 Å². The zero-order chi connectivity index (χ0) is 15.7. The van der Waals surface area contributed by atoms with Crippen LogP contribution in [0.1, 0.15) is 59.3 Å². The third-order valence-corrected chi connectivity index (χ3v) is 5.58. The molecular weight excluding hydrogens is 268 g/mol. The lowest BCUT2D eigenvalue weighted by Crippen LogP contribution is -2.51. The van der Waals surface area contributed by atoms with Gasteiger partial charge in [0.25, 0.3) is 0 Å². The number of aliphatic carboxylic acids is 1. The van der Waals surface area contributed by atoms with Gasteiger partial charge in [0, 0.05) is 19.1 Å². The lowest BCUT2D eigenvalue weighted by molar-refractivity contribution is -0.148. The average molecular weight is 296 g/mol. The van der Waals surface area contributed by atoms with Crippen LogP contribution in [0, 0.1) is 10.8 Å². The molecule has 2 aliphatic rings. The van der Waals surface area contributed by atoms with E-state index in [2.05, 4.69) is 19.2 Å². The molecule has 0 bridgehead atoms. The van der Waals surface area contributed by atoms with Crippen molar-refractivity contribution >= 4 is 12.0 Å². The first-order valence-corrected chi connectivity index (χ1v) is 8.09. The number of rotatable bonds is 3. The number of amides is 2. The quantitative estimate of drug-likeness (QED) is 0.841. The molecule has 2 atom stereocenters. The Labute approximate surface area is 127 Å². The van der Waals surface area contributed by atoms with Crippen molar-refractivity contribution in [2.75, 3.05) is 13.1 Å². The Morgan fingerprint density at radius 1 is 1.29 bits per heavy atom. The maximum Gasteiger partial charge on any atom is 0.317 e. The van der Waals surface area contributed by atoms with Gasteiger partial charge in [-0.05, 0) is 31.1 Å². The van der Waals surface area contributed by atoms with Crippen molar-refractivity contribution in [3.05, 3.63) is 0 Å². The summed E-state index contributed by atoms with van der Waals surface area (Å²) >= 11 is 0. The van der Waals surface area contributed by atoms with Crippen molar-refractivity contribution in [1.82, 2.24) is 10.2 Å². The summed E-state index contributed by atoms with van der Waals surface area (Å²) in [5.41, 5.74) is -0.623. The summed E-state index contributed by atoms with van der Waals surface area (Å²) in [6, 6.07) is 0.103. The fourth-order valence-electron chi connectivity index (χ4n) is 3.66. The summed E-state index contributed by atoms with van der Waals surface area (Å²) in [5.74, 6) is -0.779. The summed E-state index contributed by atoms with van der Waals surface area (Å²) < 4.78 is 0. The van der Waals surface area contributed by atoms with E-state index in [1.807, 2.05) is 6.92 Å². The highest BCUT2D eigenvalue weighted by Gasteiger charge is 2.45. The minimum absolute atomic E-state index is 0.0912. The molecule has 1 saturated heterocycles. The minimum Gasteiger partial charge on any atom is -0.481 e. The molecule has 0 aromatic heterocycles. The van der Waals surface area contributed by atoms with Crippen molar-refractivity contribution in [3.8, 4) is 0 Å². The maximum absolute atomic E-state index is 12.4. The molecule has 5 nitrogen and oxygen atoms in total. The number of hydrogen-bond acceptors (Lipinski definition) is 2. The van der Waals surface area contributed by atoms with E-state index in [9.17, 15) is 14.7 Å². The Balaban J connectivity index is 1.97. The van der Waals surface area contributed by atoms with Crippen LogP contribution in [0.5, 0.6) is 0 Å². The van der Waals surface area contributed by atoms with Crippen LogP contribution in [0.2, 0.25) is 0 Å². The number of likely N-dealkylation sites (tertiary alicyclic amines) is 1. The Bertz CT molecular complexity index is 422. The zero-order valence-corrected chi connectivity index (χ0v) is 13.4. The van der Waals surface area contributed by atoms with E-state index in [0.29, 0.717) is 25.9 Å². The van der Waals surface area contributed by atoms with Gasteiger partial charge in [-0.25, -0.2) is 4.79 Å². The first-order valence-electron chi connectivity index (χ1n) is 8.09. The van der Waals surface area contributed by atoms with Crippen LogP contribution in [0.4, 0.5) is 4.79 Å². The van der Waals surface area contributed by atoms with E-state index in [4.69, 9.17) is 0 Å². The summed E-state index contributed by atoms with van der Waals surface area (Å²) in [6.45, 7) is 7.17. The Morgan fingerprint density at radius 2 is 2.00 bits per heavy atom. The molecule has 2 N–H and O–H groups in total. The van der Waals surface area contributed by atoms with Crippen molar-refractivity contribution < 1.29 is 14.7 Å². The third kappa shape index (κ3) is 3.16. The molecular formula is C16H28N2O3. The summed E-state index contributed by atoms with van der Waals surface area (Å²) in [4.78, 5) is 25.6. The molecule has 1 heterocycles. The molecule has 1 aliphatic heterocycles. The first kappa shape index (κ1) is 16.1. The van der Waals surface area contributed by atoms with Crippen molar-refractivity contribution in [3.63, 3.8) is 0 Å². The molecule has 2 fully saturated rings. The molecule has 21 heavy (non-hydrogen) atoms. The van der Waals surface area contributed by atoms with Crippen LogP contribution < -0.4 is 5.32 Å². The van der Waals surface area contributed by atoms with Gasteiger partial charge in [-0.2, -0.15) is 0 Å². The predicted octanol–water partition coefficient (Wildman–Crippen LogP) is 2.85. The van der Waals surface area contributed by atoms with Gasteiger partial charge in [0.15, 0.2) is 0 Å². The van der Waals surface area contributed by atoms with E-state index in [0.717, 1.165) is 19.3 Å². The number of nitrogens with one attached hydrogen (secondary N) is 1. The highest BCUT2D eigenvalue weighted by Crippen LogP contribution is 2.37. The molecule has 2 amide bonds. The van der Waals surface area contributed by atoms with Gasteiger partial charge in [-0.3, -0.25) is 4.79 Å². The van der Waals surface area contributed by atoms with Crippen LogP contribution in [-0.2, 0) is 4.79 Å². The molecule has 0 aromatic rings. The SMILES string of the molecule is CCC1(C(=O)O)CCN(C(=O)NC2CCCCC2(C)C)C1. The molecule has 120 valence electrons. The zero-order valence-electron chi connectivity index (χ0n) is 13.4. The fraction of sp³-hybridized carbons (Fsp3) is 0.875. The second-order valence-electron chi connectivity index (χ2n) is 7.35. The van der Waals surface area contributed by atoms with Crippen molar-refractivity contribution in [2.45, 2.75) is 65.3 Å². The summed E-state index contributed by atoms with van der Waals surface area (Å²) in [6.07, 6.45) is 5.65. The van der Waals surface area contributed by atoms with Crippen LogP contribution in [0.15, 0.2) is 0 Å². The standard InChI is InChI=1S/C16H28N2O3/c1-4-16(13(19)20)9-10-18(11-16)14(21)17-12-7-5-6-8-15(12,2)3/h12H,4-11H2,1-3H3,(H,17,21)(H,19,20). The van der Waals surface area contributed by atoms with E-state index < -0.39 is 11.4 Å². The van der Waals surface area contributed by atoms with E-state index >= 15 is 0 Å². The van der Waals surface area contributed by atoms with Gasteiger partial charge >= 0.3 is 12.0 Å². The topological polar surface area (TPSA) is 69.6 Å². The average Bonchev–Trinajstić information content (AvgIpc) is 2.87. The Morgan fingerprint density at radius 3 is 2.52 bits per heavy atom. The van der Waals surface area contributed by atoms with Crippen LogP contribution >= 0.6 is 0 Å². The largest absolute Gasteiger partial charge is 0.481 e. The molecule has 5 heteroatoms. The number of carbonyl (C=O) groups is 2. The molecule has 0 spiro atoms. The number of carboxylic acids is 1. The van der Waals surface area contributed by atoms with Crippen LogP contribution in [0.3, 0.4) is 0 Å². The maximum atomic E-state index is 12.4. The monoisotopic (exact) mass is 296 g/mol. The summed E-state index contributed by atoms with van der Waals surface area (Å²) in [7, 11) is 0. The molecule has 1 saturated carbocycles. The Kier molecular flexibility index (Phi) is 4.49. The fourth-order valence-corrected chi connectivity index (χ4v) is 3.66. The first-order chi connectivity index (χ1) is 9.81. The van der Waals surface area contributed by atoms with Crippen LogP contribution in [-0.4, -0.2) is 41.1 Å². The Hall–Kier alpha value is -1.26. The van der Waals surface area contributed by atoms with Crippen LogP contribution in [0.25, 0.3) is 0 Å². The highest BCUT2D eigenvalue weighted by atomic mass is 16.4. The molecule has 2 rings (SSSR count). The summed E-state index contributed by atoms with van der Waals surface area (Å²) in [5, 5.41) is 12.6. The van der Waals surface area contributed by atoms with Crippen molar-refractivity contribution in [1.29, 1.82) is 0 Å². The van der Waals surface area contributed by atoms with E-state index in [1.165, 1.54) is 6.42 Å². The number of nitrogens with zero attached hydrogens (tertiary/aromatic N) is 1. The second kappa shape index (κ2) is 5.85. The van der Waals surface area contributed by atoms with Gasteiger partial charge in [-0.15, -0.1) is 0 Å². The third-order valence-electron chi connectivity index (χ3n) is 5.58. The van der Waals surface area contributed by atoms with Crippen molar-refractivity contribution in [2.24, 2.45) is 10.8 Å². The predicted molar refractivity (Wildman–Crippen MR) is 81.1 cm³/mol. The second-order valence-corrected chi connectivity index (χ2v) is 7.35. The van der Waals surface area contributed by atoms with E-state index in [1.54, 1.807) is 4.90 Å². The number of urea groups is 1. The number of carboxylic acid groups (broad SMARTS) is 1. The minimum atomic E-state index is -0.779. The lowest BCUT2D eigenvalue weighted by Gasteiger charge is -2.39. The molecule has 0 radical (unpaired) electrons. The van der Waals surface area contributed by atoms with Gasteiger partial charge < -0.3 is 15.3 Å². The van der Waals surface area contributed by atoms with Gasteiger partial charge in [0.05, 0.1) is 5.41 Å². The molecule has 2 unspecified atom stereocenters. The number of carbonyl (C=O) groups excluding carboxylic acids is 1. The lowest BCUT2D eigenvalue weighted by atomic mass is 9.73. The van der Waals surface area contributed by atoms with Gasteiger partial charge in [0.1, 0.15) is 0 Å². The van der Waals surface area contributed by atoms with E-state index in [-0.39, 0.29) is 17.5 Å². The normalized spacial score (nSPS) is 32.0.